The van der Waals surface area contributed by atoms with Crippen LogP contribution in [0.15, 0.2) is 141 Å². The fourth-order valence-corrected chi connectivity index (χ4v) is 9.44. The van der Waals surface area contributed by atoms with Gasteiger partial charge in [0.15, 0.2) is 11.3 Å². The Morgan fingerprint density at radius 3 is 1.47 bits per heavy atom. The molecule has 0 saturated carbocycles. The van der Waals surface area contributed by atoms with Gasteiger partial charge in [0, 0.05) is 56.5 Å². The lowest BCUT2D eigenvalue weighted by molar-refractivity contribution is 0.317. The van der Waals surface area contributed by atoms with Gasteiger partial charge in [0.1, 0.15) is 22.4 Å². The van der Waals surface area contributed by atoms with E-state index in [1.165, 1.54) is 37.1 Å². The molecule has 0 aliphatic carbocycles. The van der Waals surface area contributed by atoms with E-state index in [1.54, 1.807) is 20.1 Å². The smallest absolute Gasteiger partial charge is 0.332 e. The number of para-hydroxylation sites is 2. The Morgan fingerprint density at radius 1 is 0.611 bits per heavy atom. The maximum atomic E-state index is 13.3. The Bertz CT molecular complexity index is 3600. The SMILES string of the molecule is CC(C)Cn1c(=O)n(C)c(=O)c2c(Nc3ccccc3)n(Cc3ccc(C4CCCN4C)cc3)nc21.Cc1cn(-c2ccc(Cn3nc4c(c3Nc3ccccc3)c(=O)n(C)c(=O)n4CC(C)C)cc2)cn1. The van der Waals surface area contributed by atoms with Crippen LogP contribution >= 0.6 is 0 Å². The average molecular weight is 970 g/mol. The first-order valence-corrected chi connectivity index (χ1v) is 24.6. The zero-order chi connectivity index (χ0) is 50.8. The average Bonchev–Trinajstić information content (AvgIpc) is 4.17. The molecule has 1 aliphatic heterocycles. The Morgan fingerprint density at radius 2 is 1.07 bits per heavy atom. The van der Waals surface area contributed by atoms with E-state index in [0.29, 0.717) is 65.9 Å². The number of anilines is 4. The van der Waals surface area contributed by atoms with Crippen molar-refractivity contribution >= 4 is 45.1 Å². The van der Waals surface area contributed by atoms with Crippen molar-refractivity contribution in [2.24, 2.45) is 25.9 Å². The van der Waals surface area contributed by atoms with E-state index in [2.05, 4.69) is 51.8 Å². The number of imidazole rings is 1. The van der Waals surface area contributed by atoms with Crippen LogP contribution in [0.4, 0.5) is 23.0 Å². The van der Waals surface area contributed by atoms with Gasteiger partial charge in [-0.2, -0.15) is 10.2 Å². The normalized spacial score (nSPS) is 13.9. The summed E-state index contributed by atoms with van der Waals surface area (Å²) >= 11 is 0. The van der Waals surface area contributed by atoms with Crippen LogP contribution in [-0.2, 0) is 40.3 Å². The third kappa shape index (κ3) is 10.1. The molecule has 10 rings (SSSR count). The molecule has 0 radical (unpaired) electrons. The van der Waals surface area contributed by atoms with Gasteiger partial charge in [0.05, 0.1) is 25.1 Å². The molecule has 1 aliphatic rings. The Kier molecular flexibility index (Phi) is 14.1. The number of aryl methyl sites for hydroxylation is 1. The third-order valence-electron chi connectivity index (χ3n) is 13.1. The van der Waals surface area contributed by atoms with E-state index in [-0.39, 0.29) is 34.3 Å². The molecule has 1 unspecified atom stereocenters. The van der Waals surface area contributed by atoms with E-state index in [9.17, 15) is 19.2 Å². The van der Waals surface area contributed by atoms with Crippen LogP contribution in [0, 0.1) is 18.8 Å². The number of rotatable bonds is 14. The van der Waals surface area contributed by atoms with E-state index in [0.717, 1.165) is 45.0 Å². The number of nitrogens with one attached hydrogen (secondary N) is 2. The summed E-state index contributed by atoms with van der Waals surface area (Å²) in [7, 11) is 5.23. The summed E-state index contributed by atoms with van der Waals surface area (Å²) in [5, 5.41) is 17.2. The van der Waals surface area contributed by atoms with Crippen molar-refractivity contribution in [1.29, 1.82) is 0 Å². The van der Waals surface area contributed by atoms with Gasteiger partial charge in [-0.05, 0) is 98.3 Å². The molecule has 4 aromatic carbocycles. The minimum absolute atomic E-state index is 0.207. The second-order valence-corrected chi connectivity index (χ2v) is 19.7. The molecule has 9 aromatic rings. The molecule has 1 atom stereocenters. The molecular weight excluding hydrogens is 907 g/mol. The summed E-state index contributed by atoms with van der Waals surface area (Å²) in [4.78, 5) is 59.4. The van der Waals surface area contributed by atoms with Crippen LogP contribution in [-0.4, -0.2) is 65.9 Å². The van der Waals surface area contributed by atoms with Gasteiger partial charge >= 0.3 is 11.4 Å². The highest BCUT2D eigenvalue weighted by Gasteiger charge is 2.25. The molecule has 1 fully saturated rings. The first kappa shape index (κ1) is 49.0. The molecule has 17 nitrogen and oxygen atoms in total. The highest BCUT2D eigenvalue weighted by atomic mass is 16.2. The van der Waals surface area contributed by atoms with Crippen LogP contribution in [0.3, 0.4) is 0 Å². The first-order chi connectivity index (χ1) is 34.6. The summed E-state index contributed by atoms with van der Waals surface area (Å²) in [5.41, 5.74) is 6.43. The zero-order valence-corrected chi connectivity index (χ0v) is 42.3. The second kappa shape index (κ2) is 20.7. The zero-order valence-electron chi connectivity index (χ0n) is 42.3. The standard InChI is InChI=1S/C28H34N6O2.C27H29N7O2/c1-19(2)17-33-26-24(27(35)32(4)28(33)36)25(29-22-9-6-5-7-10-22)34(30-26)18-20-12-14-21(15-13-20)23-11-8-16-31(23)3;1-18(2)14-33-25-23(26(35)31(4)27(33)36)24(29-21-8-6-5-7-9-21)34(30-25)16-20-10-12-22(13-11-20)32-15-19(3)28-17-32/h5-7,9-10,12-15,19,23,29H,8,11,16-18H2,1-4H3;5-13,15,17-18,29H,14,16H2,1-4H3. The number of hydrogen-bond donors (Lipinski definition) is 2. The third-order valence-corrected chi connectivity index (χ3v) is 13.1. The predicted octanol–water partition coefficient (Wildman–Crippen LogP) is 7.95. The van der Waals surface area contributed by atoms with Crippen LogP contribution in [0.5, 0.6) is 0 Å². The van der Waals surface area contributed by atoms with Gasteiger partial charge in [0.2, 0.25) is 0 Å². The minimum Gasteiger partial charge on any atom is -0.340 e. The second-order valence-electron chi connectivity index (χ2n) is 19.7. The summed E-state index contributed by atoms with van der Waals surface area (Å²) in [6.45, 7) is 13.1. The molecule has 372 valence electrons. The van der Waals surface area contributed by atoms with Crippen molar-refractivity contribution < 1.29 is 0 Å². The van der Waals surface area contributed by atoms with Crippen molar-refractivity contribution in [2.75, 3.05) is 24.2 Å². The molecule has 72 heavy (non-hydrogen) atoms. The van der Waals surface area contributed by atoms with Crippen LogP contribution in [0.1, 0.15) is 69.0 Å². The van der Waals surface area contributed by atoms with Gasteiger partial charge in [-0.15, -0.1) is 0 Å². The Labute approximate surface area is 417 Å². The largest absolute Gasteiger partial charge is 0.340 e. The fraction of sp³-hybridized carbons (Fsp3) is 0.327. The van der Waals surface area contributed by atoms with Crippen molar-refractivity contribution in [1.82, 2.24) is 52.3 Å². The van der Waals surface area contributed by atoms with Gasteiger partial charge < -0.3 is 15.2 Å². The lowest BCUT2D eigenvalue weighted by Crippen LogP contribution is -2.38. The van der Waals surface area contributed by atoms with Crippen LogP contribution < -0.4 is 33.1 Å². The van der Waals surface area contributed by atoms with Crippen molar-refractivity contribution in [3.8, 4) is 5.69 Å². The predicted molar refractivity (Wildman–Crippen MR) is 285 cm³/mol. The van der Waals surface area contributed by atoms with Crippen molar-refractivity contribution in [3.05, 3.63) is 186 Å². The minimum atomic E-state index is -0.370. The highest BCUT2D eigenvalue weighted by molar-refractivity contribution is 5.90. The van der Waals surface area contributed by atoms with E-state index >= 15 is 0 Å². The number of fused-ring (bicyclic) bond motifs is 2. The highest BCUT2D eigenvalue weighted by Crippen LogP contribution is 2.31. The number of likely N-dealkylation sites (tertiary alicyclic amines) is 1. The maximum Gasteiger partial charge on any atom is 0.332 e. The van der Waals surface area contributed by atoms with E-state index < -0.39 is 0 Å². The summed E-state index contributed by atoms with van der Waals surface area (Å²) < 4.78 is 11.1. The van der Waals surface area contributed by atoms with Gasteiger partial charge in [-0.1, -0.05) is 100 Å². The summed E-state index contributed by atoms with van der Waals surface area (Å²) in [6, 6.07) is 36.6. The molecule has 6 heterocycles. The fourth-order valence-electron chi connectivity index (χ4n) is 9.44. The monoisotopic (exact) mass is 970 g/mol. The molecule has 5 aromatic heterocycles. The number of benzene rings is 4. The molecule has 0 spiro atoms. The lowest BCUT2D eigenvalue weighted by atomic mass is 10.0. The van der Waals surface area contributed by atoms with E-state index in [4.69, 9.17) is 10.2 Å². The quantitative estimate of drug-likeness (QED) is 0.109. The summed E-state index contributed by atoms with van der Waals surface area (Å²) in [6.07, 6.45) is 6.17. The van der Waals surface area contributed by atoms with Gasteiger partial charge in [-0.25, -0.2) is 23.9 Å². The van der Waals surface area contributed by atoms with E-state index in [1.807, 2.05) is 135 Å². The molecule has 2 N–H and O–H groups in total. The van der Waals surface area contributed by atoms with Gasteiger partial charge in [0.25, 0.3) is 11.1 Å². The van der Waals surface area contributed by atoms with Crippen molar-refractivity contribution in [2.45, 2.75) is 79.7 Å². The van der Waals surface area contributed by atoms with Crippen LogP contribution in [0.2, 0.25) is 0 Å². The lowest BCUT2D eigenvalue weighted by Gasteiger charge is -2.20. The number of hydrogen-bond acceptors (Lipinski definition) is 10. The van der Waals surface area contributed by atoms with Gasteiger partial charge in [-0.3, -0.25) is 32.8 Å². The Balaban J connectivity index is 0.000000178. The topological polar surface area (TPSA) is 169 Å². The van der Waals surface area contributed by atoms with Crippen molar-refractivity contribution in [3.63, 3.8) is 0 Å². The Hall–Kier alpha value is -8.05. The maximum absolute atomic E-state index is 13.3. The number of nitrogens with zero attached hydrogens (tertiary/aromatic N) is 11. The molecule has 17 heteroatoms. The molecule has 0 amide bonds. The molecular formula is C55H63N13O4. The first-order valence-electron chi connectivity index (χ1n) is 24.6. The van der Waals surface area contributed by atoms with Crippen LogP contribution in [0.25, 0.3) is 27.8 Å². The number of aromatic nitrogens is 10. The molecule has 0 bridgehead atoms. The summed E-state index contributed by atoms with van der Waals surface area (Å²) in [5.74, 6) is 1.58. The molecule has 1 saturated heterocycles.